The standard InChI is InChI=1S/C14H23BF2O3/c1-2-3-4-5-6-7-11-20-14(17)12(15(18)19)9-8-10-13(14)16/h8-10,12,18-19H,2-7,11H2,1H3. The van der Waals surface area contributed by atoms with Gasteiger partial charge in [0.05, 0.1) is 12.4 Å². The summed E-state index contributed by atoms with van der Waals surface area (Å²) in [5.74, 6) is -5.33. The van der Waals surface area contributed by atoms with Gasteiger partial charge in [-0.3, -0.25) is 0 Å². The van der Waals surface area contributed by atoms with Crippen molar-refractivity contribution >= 4 is 7.12 Å². The van der Waals surface area contributed by atoms with Gasteiger partial charge < -0.3 is 14.8 Å². The lowest BCUT2D eigenvalue weighted by atomic mass is 9.66. The number of allylic oxidation sites excluding steroid dienone is 2. The molecule has 1 rings (SSSR count). The van der Waals surface area contributed by atoms with E-state index in [1.807, 2.05) is 0 Å². The van der Waals surface area contributed by atoms with Crippen LogP contribution in [-0.2, 0) is 4.74 Å². The van der Waals surface area contributed by atoms with Gasteiger partial charge in [0.15, 0.2) is 5.83 Å². The molecule has 0 aromatic rings. The quantitative estimate of drug-likeness (QED) is 0.505. The van der Waals surface area contributed by atoms with Crippen molar-refractivity contribution in [3.63, 3.8) is 0 Å². The van der Waals surface area contributed by atoms with Crippen molar-refractivity contribution in [2.45, 2.75) is 57.1 Å². The molecule has 20 heavy (non-hydrogen) atoms. The number of ether oxygens (including phenoxy) is 1. The third kappa shape index (κ3) is 4.68. The Morgan fingerprint density at radius 3 is 2.55 bits per heavy atom. The summed E-state index contributed by atoms with van der Waals surface area (Å²) < 4.78 is 33.1. The highest BCUT2D eigenvalue weighted by molar-refractivity contribution is 6.44. The first kappa shape index (κ1) is 17.3. The first-order chi connectivity index (χ1) is 9.52. The van der Waals surface area contributed by atoms with E-state index in [0.717, 1.165) is 31.8 Å². The van der Waals surface area contributed by atoms with Crippen LogP contribution in [0.2, 0.25) is 5.82 Å². The van der Waals surface area contributed by atoms with E-state index in [1.165, 1.54) is 18.6 Å². The highest BCUT2D eigenvalue weighted by Gasteiger charge is 2.50. The molecule has 2 atom stereocenters. The number of alkyl halides is 1. The van der Waals surface area contributed by atoms with E-state index in [4.69, 9.17) is 14.8 Å². The Hall–Kier alpha value is -0.715. The van der Waals surface area contributed by atoms with Crippen LogP contribution in [-0.4, -0.2) is 29.6 Å². The van der Waals surface area contributed by atoms with Gasteiger partial charge >= 0.3 is 7.12 Å². The minimum absolute atomic E-state index is 0.0565. The van der Waals surface area contributed by atoms with Gasteiger partial charge in [-0.15, -0.1) is 0 Å². The van der Waals surface area contributed by atoms with Crippen molar-refractivity contribution in [3.8, 4) is 0 Å². The maximum atomic E-state index is 14.5. The SMILES string of the molecule is CCCCCCCCOC1(F)C(F)=CC=CC1B(O)O. The van der Waals surface area contributed by atoms with Crippen LogP contribution < -0.4 is 0 Å². The predicted octanol–water partition coefficient (Wildman–Crippen LogP) is 3.30. The van der Waals surface area contributed by atoms with Gasteiger partial charge in [-0.05, 0) is 12.5 Å². The van der Waals surface area contributed by atoms with Crippen molar-refractivity contribution in [2.75, 3.05) is 6.61 Å². The lowest BCUT2D eigenvalue weighted by molar-refractivity contribution is -0.131. The molecule has 0 spiro atoms. The third-order valence-corrected chi connectivity index (χ3v) is 3.45. The van der Waals surface area contributed by atoms with Crippen molar-refractivity contribution in [1.82, 2.24) is 0 Å². The molecule has 3 nitrogen and oxygen atoms in total. The van der Waals surface area contributed by atoms with E-state index in [0.29, 0.717) is 6.42 Å². The minimum Gasteiger partial charge on any atom is -0.427 e. The summed E-state index contributed by atoms with van der Waals surface area (Å²) >= 11 is 0. The van der Waals surface area contributed by atoms with Crippen molar-refractivity contribution in [1.29, 1.82) is 0 Å². The molecule has 2 N–H and O–H groups in total. The second-order valence-electron chi connectivity index (χ2n) is 5.10. The van der Waals surface area contributed by atoms with E-state index in [2.05, 4.69) is 6.92 Å². The molecule has 0 saturated heterocycles. The average molecular weight is 288 g/mol. The van der Waals surface area contributed by atoms with Crippen LogP contribution in [0.3, 0.4) is 0 Å². The third-order valence-electron chi connectivity index (χ3n) is 3.45. The molecule has 0 aromatic carbocycles. The number of unbranched alkanes of at least 4 members (excludes halogenated alkanes) is 5. The molecular formula is C14H23BF2O3. The summed E-state index contributed by atoms with van der Waals surface area (Å²) in [6.07, 6.45) is 9.43. The van der Waals surface area contributed by atoms with Gasteiger partial charge in [-0.2, -0.15) is 0 Å². The molecular weight excluding hydrogens is 265 g/mol. The van der Waals surface area contributed by atoms with Crippen LogP contribution >= 0.6 is 0 Å². The fourth-order valence-electron chi connectivity index (χ4n) is 2.22. The Kier molecular flexibility index (Phi) is 7.41. The van der Waals surface area contributed by atoms with Crippen molar-refractivity contribution in [2.24, 2.45) is 0 Å². The molecule has 114 valence electrons. The normalized spacial score (nSPS) is 25.6. The van der Waals surface area contributed by atoms with E-state index in [-0.39, 0.29) is 6.61 Å². The van der Waals surface area contributed by atoms with Gasteiger partial charge in [0.1, 0.15) is 0 Å². The number of hydrogen-bond donors (Lipinski definition) is 2. The lowest BCUT2D eigenvalue weighted by Crippen LogP contribution is -2.42. The maximum absolute atomic E-state index is 14.5. The Morgan fingerprint density at radius 1 is 1.25 bits per heavy atom. The van der Waals surface area contributed by atoms with Crippen LogP contribution in [0.1, 0.15) is 45.4 Å². The fraction of sp³-hybridized carbons (Fsp3) is 0.714. The molecule has 0 amide bonds. The molecule has 1 aliphatic rings. The second-order valence-corrected chi connectivity index (χ2v) is 5.10. The van der Waals surface area contributed by atoms with E-state index in [1.54, 1.807) is 0 Å². The Labute approximate surface area is 119 Å². The lowest BCUT2D eigenvalue weighted by Gasteiger charge is -2.31. The Balaban J connectivity index is 2.39. The van der Waals surface area contributed by atoms with Crippen LogP contribution in [0.15, 0.2) is 24.1 Å². The van der Waals surface area contributed by atoms with Gasteiger partial charge in [-0.25, -0.2) is 8.78 Å². The first-order valence-corrected chi connectivity index (χ1v) is 7.25. The zero-order chi connectivity index (χ0) is 15.0. The predicted molar refractivity (Wildman–Crippen MR) is 75.4 cm³/mol. The molecule has 0 radical (unpaired) electrons. The first-order valence-electron chi connectivity index (χ1n) is 7.25. The highest BCUT2D eigenvalue weighted by atomic mass is 19.2. The summed E-state index contributed by atoms with van der Waals surface area (Å²) in [5.41, 5.74) is 0. The molecule has 1 aliphatic carbocycles. The minimum atomic E-state index is -2.77. The van der Waals surface area contributed by atoms with E-state index in [9.17, 15) is 8.78 Å². The molecule has 0 fully saturated rings. The zero-order valence-corrected chi connectivity index (χ0v) is 11.9. The van der Waals surface area contributed by atoms with Crippen LogP contribution in [0, 0.1) is 0 Å². The number of rotatable bonds is 9. The van der Waals surface area contributed by atoms with Crippen LogP contribution in [0.25, 0.3) is 0 Å². The summed E-state index contributed by atoms with van der Waals surface area (Å²) in [7, 11) is -2.00. The monoisotopic (exact) mass is 288 g/mol. The molecule has 0 bridgehead atoms. The van der Waals surface area contributed by atoms with Gasteiger partial charge in [-0.1, -0.05) is 51.2 Å². The van der Waals surface area contributed by atoms with Crippen molar-refractivity contribution in [3.05, 3.63) is 24.1 Å². The second kappa shape index (κ2) is 8.54. The van der Waals surface area contributed by atoms with Crippen LogP contribution in [0.5, 0.6) is 0 Å². The fourth-order valence-corrected chi connectivity index (χ4v) is 2.22. The summed E-state index contributed by atoms with van der Waals surface area (Å²) in [4.78, 5) is 0. The smallest absolute Gasteiger partial charge is 0.427 e. The number of hydrogen-bond acceptors (Lipinski definition) is 3. The summed E-state index contributed by atoms with van der Waals surface area (Å²) in [5, 5.41) is 18.2. The van der Waals surface area contributed by atoms with E-state index >= 15 is 0 Å². The maximum Gasteiger partial charge on any atom is 0.465 e. The molecule has 2 unspecified atom stereocenters. The Bertz CT molecular complexity index is 347. The number of halogens is 2. The largest absolute Gasteiger partial charge is 0.465 e. The summed E-state index contributed by atoms with van der Waals surface area (Å²) in [6, 6.07) is 0. The topological polar surface area (TPSA) is 49.7 Å². The molecule has 6 heteroatoms. The average Bonchev–Trinajstić information content (AvgIpc) is 2.40. The molecule has 0 aromatic heterocycles. The summed E-state index contributed by atoms with van der Waals surface area (Å²) in [6.45, 7) is 2.18. The van der Waals surface area contributed by atoms with Crippen LogP contribution in [0.4, 0.5) is 8.78 Å². The van der Waals surface area contributed by atoms with E-state index < -0.39 is 24.6 Å². The van der Waals surface area contributed by atoms with Gasteiger partial charge in [0.2, 0.25) is 0 Å². The molecule has 0 saturated carbocycles. The molecule has 0 heterocycles. The zero-order valence-electron chi connectivity index (χ0n) is 11.9. The highest BCUT2D eigenvalue weighted by Crippen LogP contribution is 2.41. The van der Waals surface area contributed by atoms with Gasteiger partial charge in [0.25, 0.3) is 5.85 Å². The van der Waals surface area contributed by atoms with Gasteiger partial charge in [0, 0.05) is 0 Å². The Morgan fingerprint density at radius 2 is 1.90 bits per heavy atom. The molecule has 0 aliphatic heterocycles. The van der Waals surface area contributed by atoms with Crippen molar-refractivity contribution < 1.29 is 23.6 Å².